The van der Waals surface area contributed by atoms with Crippen LogP contribution in [0.25, 0.3) is 28.1 Å². The fourth-order valence-electron chi connectivity index (χ4n) is 3.54. The van der Waals surface area contributed by atoms with E-state index in [0.29, 0.717) is 24.7 Å². The molecular weight excluding hydrogens is 381 g/mol. The number of hydroxylamine groups is 1. The van der Waals surface area contributed by atoms with Gasteiger partial charge in [0.25, 0.3) is 0 Å². The maximum atomic E-state index is 13.7. The van der Waals surface area contributed by atoms with Crippen molar-refractivity contribution < 1.29 is 9.23 Å². The Bertz CT molecular complexity index is 1190. The minimum Gasteiger partial charge on any atom is -0.327 e. The summed E-state index contributed by atoms with van der Waals surface area (Å²) in [6.45, 7) is 9.89. The molecule has 30 heavy (non-hydrogen) atoms. The zero-order valence-electron chi connectivity index (χ0n) is 17.1. The van der Waals surface area contributed by atoms with E-state index in [-0.39, 0.29) is 5.82 Å². The van der Waals surface area contributed by atoms with Crippen LogP contribution in [0.5, 0.6) is 0 Å². The van der Waals surface area contributed by atoms with Crippen molar-refractivity contribution in [3.05, 3.63) is 78.6 Å². The summed E-state index contributed by atoms with van der Waals surface area (Å²) in [6.07, 6.45) is 3.61. The third-order valence-electron chi connectivity index (χ3n) is 4.94. The SMILES string of the molecule is C=C(NOCC)c1ccc2c(c1)nc(Cn1ccnc1-c1cccc(F)c1)n2CC. The maximum absolute atomic E-state index is 13.7. The van der Waals surface area contributed by atoms with Gasteiger partial charge < -0.3 is 9.13 Å². The highest BCUT2D eigenvalue weighted by Gasteiger charge is 2.14. The fraction of sp³-hybridized carbons (Fsp3) is 0.217. The van der Waals surface area contributed by atoms with Crippen molar-refractivity contribution in [3.63, 3.8) is 0 Å². The molecule has 2 aromatic heterocycles. The van der Waals surface area contributed by atoms with Crippen molar-refractivity contribution in [1.82, 2.24) is 24.6 Å². The Labute approximate surface area is 174 Å². The van der Waals surface area contributed by atoms with E-state index < -0.39 is 0 Å². The molecule has 7 heteroatoms. The molecule has 4 aromatic rings. The van der Waals surface area contributed by atoms with Gasteiger partial charge in [0.1, 0.15) is 17.5 Å². The van der Waals surface area contributed by atoms with E-state index in [0.717, 1.165) is 34.5 Å². The largest absolute Gasteiger partial charge is 0.327 e. The second-order valence-electron chi connectivity index (χ2n) is 6.88. The van der Waals surface area contributed by atoms with Gasteiger partial charge in [-0.15, -0.1) is 0 Å². The predicted octanol–water partition coefficient (Wildman–Crippen LogP) is 4.62. The smallest absolute Gasteiger partial charge is 0.140 e. The lowest BCUT2D eigenvalue weighted by atomic mass is 10.1. The first kappa shape index (κ1) is 19.8. The van der Waals surface area contributed by atoms with Crippen molar-refractivity contribution in [2.24, 2.45) is 0 Å². The first-order chi connectivity index (χ1) is 14.6. The van der Waals surface area contributed by atoms with E-state index in [1.54, 1.807) is 12.3 Å². The van der Waals surface area contributed by atoms with Crippen molar-refractivity contribution in [1.29, 1.82) is 0 Å². The van der Waals surface area contributed by atoms with E-state index in [9.17, 15) is 4.39 Å². The number of hydrogen-bond acceptors (Lipinski definition) is 4. The summed E-state index contributed by atoms with van der Waals surface area (Å²) in [7, 11) is 0. The topological polar surface area (TPSA) is 56.9 Å². The lowest BCUT2D eigenvalue weighted by molar-refractivity contribution is 0.0901. The summed E-state index contributed by atoms with van der Waals surface area (Å²) in [5.41, 5.74) is 7.13. The fourth-order valence-corrected chi connectivity index (χ4v) is 3.54. The molecule has 0 saturated heterocycles. The van der Waals surface area contributed by atoms with E-state index in [4.69, 9.17) is 9.82 Å². The minimum absolute atomic E-state index is 0.281. The number of nitrogens with zero attached hydrogens (tertiary/aromatic N) is 4. The van der Waals surface area contributed by atoms with Crippen LogP contribution in [0.4, 0.5) is 4.39 Å². The van der Waals surface area contributed by atoms with Gasteiger partial charge in [-0.3, -0.25) is 10.3 Å². The molecule has 1 N–H and O–H groups in total. The number of benzene rings is 2. The normalized spacial score (nSPS) is 11.2. The Hall–Kier alpha value is -3.45. The third kappa shape index (κ3) is 3.84. The van der Waals surface area contributed by atoms with Crippen molar-refractivity contribution in [2.45, 2.75) is 26.9 Å². The molecule has 0 aliphatic rings. The van der Waals surface area contributed by atoms with E-state index >= 15 is 0 Å². The lowest BCUT2D eigenvalue weighted by Crippen LogP contribution is -2.11. The van der Waals surface area contributed by atoms with Crippen LogP contribution in [0.3, 0.4) is 0 Å². The summed E-state index contributed by atoms with van der Waals surface area (Å²) in [6, 6.07) is 12.5. The monoisotopic (exact) mass is 405 g/mol. The van der Waals surface area contributed by atoms with E-state index in [1.165, 1.54) is 12.1 Å². The Morgan fingerprint density at radius 2 is 2.07 bits per heavy atom. The number of hydrogen-bond donors (Lipinski definition) is 1. The highest BCUT2D eigenvalue weighted by atomic mass is 19.1. The summed E-state index contributed by atoms with van der Waals surface area (Å²) in [5.74, 6) is 1.33. The molecule has 2 aromatic carbocycles. The van der Waals surface area contributed by atoms with Gasteiger partial charge >= 0.3 is 0 Å². The third-order valence-corrected chi connectivity index (χ3v) is 4.94. The number of halogens is 1. The summed E-state index contributed by atoms with van der Waals surface area (Å²) in [5, 5.41) is 0. The molecule has 0 amide bonds. The van der Waals surface area contributed by atoms with Crippen LogP contribution in [0, 0.1) is 5.82 Å². The van der Waals surface area contributed by atoms with Crippen LogP contribution >= 0.6 is 0 Å². The number of nitrogens with one attached hydrogen (secondary N) is 1. The van der Waals surface area contributed by atoms with Crippen LogP contribution in [0.2, 0.25) is 0 Å². The zero-order chi connectivity index (χ0) is 21.1. The molecule has 0 fully saturated rings. The van der Waals surface area contributed by atoms with Gasteiger partial charge in [0, 0.05) is 30.1 Å². The van der Waals surface area contributed by atoms with E-state index in [1.807, 2.05) is 42.0 Å². The maximum Gasteiger partial charge on any atom is 0.140 e. The molecule has 4 rings (SSSR count). The van der Waals surface area contributed by atoms with Crippen molar-refractivity contribution in [3.8, 4) is 11.4 Å². The Morgan fingerprint density at radius 3 is 2.83 bits per heavy atom. The number of aromatic nitrogens is 4. The van der Waals surface area contributed by atoms with Gasteiger partial charge in [0.2, 0.25) is 0 Å². The first-order valence-corrected chi connectivity index (χ1v) is 9.94. The second-order valence-corrected chi connectivity index (χ2v) is 6.88. The Kier molecular flexibility index (Phi) is 5.63. The number of imidazole rings is 2. The zero-order valence-corrected chi connectivity index (χ0v) is 17.1. The van der Waals surface area contributed by atoms with Gasteiger partial charge in [0.15, 0.2) is 0 Å². The quantitative estimate of drug-likeness (QED) is 0.435. The van der Waals surface area contributed by atoms with Crippen LogP contribution in [-0.4, -0.2) is 25.7 Å². The summed E-state index contributed by atoms with van der Waals surface area (Å²) in [4.78, 5) is 14.5. The summed E-state index contributed by atoms with van der Waals surface area (Å²) >= 11 is 0. The highest BCUT2D eigenvalue weighted by molar-refractivity contribution is 5.81. The van der Waals surface area contributed by atoms with Crippen LogP contribution < -0.4 is 5.48 Å². The molecule has 0 bridgehead atoms. The van der Waals surface area contributed by atoms with Gasteiger partial charge in [-0.25, -0.2) is 14.4 Å². The van der Waals surface area contributed by atoms with Gasteiger partial charge in [-0.1, -0.05) is 24.8 Å². The van der Waals surface area contributed by atoms with Crippen molar-refractivity contribution >= 4 is 16.7 Å². The predicted molar refractivity (Wildman–Crippen MR) is 116 cm³/mol. The Balaban J connectivity index is 1.68. The van der Waals surface area contributed by atoms with Crippen molar-refractivity contribution in [2.75, 3.05) is 6.61 Å². The standard InChI is InChI=1S/C23H24FN5O/c1-4-29-21-10-9-17(16(3)27-30-5-2)14-20(21)26-22(29)15-28-12-11-25-23(28)18-7-6-8-19(24)13-18/h6-14,27H,3-5,15H2,1-2H3. The number of aryl methyl sites for hydroxylation is 1. The first-order valence-electron chi connectivity index (χ1n) is 9.94. The molecule has 0 saturated carbocycles. The molecule has 2 heterocycles. The van der Waals surface area contributed by atoms with Gasteiger partial charge in [-0.2, -0.15) is 0 Å². The molecule has 0 atom stereocenters. The lowest BCUT2D eigenvalue weighted by Gasteiger charge is -2.10. The molecular formula is C23H24FN5O. The minimum atomic E-state index is -0.281. The highest BCUT2D eigenvalue weighted by Crippen LogP contribution is 2.23. The average Bonchev–Trinajstić information content (AvgIpc) is 3.35. The average molecular weight is 405 g/mol. The molecule has 0 aliphatic carbocycles. The molecule has 6 nitrogen and oxygen atoms in total. The second kappa shape index (κ2) is 8.51. The van der Waals surface area contributed by atoms with Crippen LogP contribution in [0.15, 0.2) is 61.4 Å². The molecule has 0 unspecified atom stereocenters. The number of fused-ring (bicyclic) bond motifs is 1. The molecule has 0 aliphatic heterocycles. The van der Waals surface area contributed by atoms with Crippen LogP contribution in [0.1, 0.15) is 25.2 Å². The van der Waals surface area contributed by atoms with Gasteiger partial charge in [-0.05, 0) is 38.1 Å². The number of rotatable bonds is 8. The Morgan fingerprint density at radius 1 is 1.20 bits per heavy atom. The van der Waals surface area contributed by atoms with Crippen LogP contribution in [-0.2, 0) is 17.9 Å². The molecule has 0 radical (unpaired) electrons. The van der Waals surface area contributed by atoms with E-state index in [2.05, 4.69) is 28.5 Å². The summed E-state index contributed by atoms with van der Waals surface area (Å²) < 4.78 is 17.8. The molecule has 154 valence electrons. The molecule has 0 spiro atoms. The van der Waals surface area contributed by atoms with Gasteiger partial charge in [0.05, 0.1) is 29.9 Å².